The molecule has 2 aliphatic rings. The Morgan fingerprint density at radius 3 is 2.67 bits per heavy atom. The molecular formula is C13H15Cl2NO2. The number of nitrogens with two attached hydrogens (primary N) is 1. The first-order chi connectivity index (χ1) is 8.56. The van der Waals surface area contributed by atoms with Gasteiger partial charge in [-0.1, -0.05) is 23.8 Å². The minimum absolute atomic E-state index is 0.0152. The topological polar surface area (TPSA) is 63.3 Å². The van der Waals surface area contributed by atoms with E-state index in [1.165, 1.54) is 0 Å². The molecule has 2 rings (SSSR count). The average molecular weight is 288 g/mol. The van der Waals surface area contributed by atoms with Gasteiger partial charge in [0.15, 0.2) is 5.78 Å². The van der Waals surface area contributed by atoms with Crippen molar-refractivity contribution in [3.63, 3.8) is 0 Å². The Labute approximate surface area is 116 Å². The normalized spacial score (nSPS) is 28.7. The van der Waals surface area contributed by atoms with E-state index in [-0.39, 0.29) is 23.9 Å². The number of ketones is 1. The van der Waals surface area contributed by atoms with Gasteiger partial charge in [0, 0.05) is 22.2 Å². The van der Waals surface area contributed by atoms with Crippen LogP contribution in [0.5, 0.6) is 0 Å². The first-order valence-corrected chi connectivity index (χ1v) is 6.69. The quantitative estimate of drug-likeness (QED) is 0.615. The minimum atomic E-state index is -0.428. The fraction of sp³-hybridized carbons (Fsp3) is 0.462. The lowest BCUT2D eigenvalue weighted by atomic mass is 9.91. The number of hydrogen-bond acceptors (Lipinski definition) is 3. The average Bonchev–Trinajstić information content (AvgIpc) is 3.13. The molecule has 18 heavy (non-hydrogen) atoms. The number of rotatable bonds is 4. The molecule has 0 aromatic rings. The maximum absolute atomic E-state index is 12.0. The predicted octanol–water partition coefficient (Wildman–Crippen LogP) is 2.09. The second-order valence-corrected chi connectivity index (χ2v) is 5.53. The lowest BCUT2D eigenvalue weighted by Crippen LogP contribution is -2.27. The number of allylic oxidation sites excluding steroid dienone is 4. The van der Waals surface area contributed by atoms with Gasteiger partial charge in [-0.2, -0.15) is 0 Å². The third-order valence-electron chi connectivity index (χ3n) is 3.25. The molecule has 2 unspecified atom stereocenters. The maximum Gasteiger partial charge on any atom is 0.165 e. The Hall–Kier alpha value is -0.770. The Kier molecular flexibility index (Phi) is 4.15. The molecule has 0 aromatic heterocycles. The summed E-state index contributed by atoms with van der Waals surface area (Å²) in [6.45, 7) is -0.366. The van der Waals surface area contributed by atoms with Crippen LogP contribution in [0.1, 0.15) is 12.8 Å². The van der Waals surface area contributed by atoms with E-state index >= 15 is 0 Å². The van der Waals surface area contributed by atoms with Crippen molar-refractivity contribution in [3.05, 3.63) is 34.5 Å². The lowest BCUT2D eigenvalue weighted by Gasteiger charge is -2.24. The summed E-state index contributed by atoms with van der Waals surface area (Å²) < 4.78 is 0. The number of alkyl halides is 1. The second-order valence-electron chi connectivity index (χ2n) is 4.59. The molecule has 0 aliphatic heterocycles. The van der Waals surface area contributed by atoms with E-state index in [1.54, 1.807) is 18.2 Å². The fourth-order valence-electron chi connectivity index (χ4n) is 2.03. The molecule has 3 N–H and O–H groups in total. The zero-order valence-electron chi connectivity index (χ0n) is 9.77. The number of hydrogen-bond donors (Lipinski definition) is 2. The van der Waals surface area contributed by atoms with Crippen LogP contribution < -0.4 is 5.73 Å². The van der Waals surface area contributed by atoms with E-state index in [0.29, 0.717) is 10.7 Å². The van der Waals surface area contributed by atoms with Gasteiger partial charge in [-0.25, -0.2) is 0 Å². The van der Waals surface area contributed by atoms with Crippen LogP contribution in [-0.2, 0) is 4.79 Å². The van der Waals surface area contributed by atoms with E-state index in [4.69, 9.17) is 28.9 Å². The molecule has 0 heterocycles. The second kappa shape index (κ2) is 5.47. The van der Waals surface area contributed by atoms with E-state index in [1.807, 2.05) is 0 Å². The molecule has 0 bridgehead atoms. The van der Waals surface area contributed by atoms with Crippen molar-refractivity contribution in [1.29, 1.82) is 0 Å². The molecule has 0 spiro atoms. The summed E-state index contributed by atoms with van der Waals surface area (Å²) in [5.41, 5.74) is 6.56. The van der Waals surface area contributed by atoms with Crippen LogP contribution in [0.25, 0.3) is 0 Å². The monoisotopic (exact) mass is 287 g/mol. The van der Waals surface area contributed by atoms with Crippen LogP contribution in [0.15, 0.2) is 34.5 Å². The zero-order chi connectivity index (χ0) is 13.3. The van der Waals surface area contributed by atoms with Gasteiger partial charge in [0.2, 0.25) is 0 Å². The highest BCUT2D eigenvalue weighted by atomic mass is 35.5. The number of aliphatic hydroxyl groups excluding tert-OH is 1. The first-order valence-electron chi connectivity index (χ1n) is 5.87. The summed E-state index contributed by atoms with van der Waals surface area (Å²) in [5, 5.41) is 9.46. The van der Waals surface area contributed by atoms with Gasteiger partial charge in [-0.05, 0) is 18.9 Å². The highest BCUT2D eigenvalue weighted by Gasteiger charge is 2.35. The predicted molar refractivity (Wildman–Crippen MR) is 72.2 cm³/mol. The number of aliphatic hydroxyl groups is 1. The summed E-state index contributed by atoms with van der Waals surface area (Å²) in [4.78, 5) is 12.0. The first kappa shape index (κ1) is 13.7. The highest BCUT2D eigenvalue weighted by Crippen LogP contribution is 2.37. The lowest BCUT2D eigenvalue weighted by molar-refractivity contribution is -0.117. The molecule has 0 aromatic carbocycles. The molecule has 1 saturated carbocycles. The number of Topliss-reactive ketones (excluding diaryl/α,β-unsaturated/α-hetero) is 1. The van der Waals surface area contributed by atoms with Gasteiger partial charge in [0.05, 0.1) is 17.9 Å². The fourth-order valence-corrected chi connectivity index (χ4v) is 2.78. The van der Waals surface area contributed by atoms with E-state index < -0.39 is 11.3 Å². The number of halogens is 2. The molecule has 0 radical (unpaired) electrons. The van der Waals surface area contributed by atoms with Crippen molar-refractivity contribution >= 4 is 29.0 Å². The van der Waals surface area contributed by atoms with Gasteiger partial charge in [-0.15, -0.1) is 11.6 Å². The highest BCUT2D eigenvalue weighted by molar-refractivity contribution is 6.32. The van der Waals surface area contributed by atoms with Crippen LogP contribution in [0.2, 0.25) is 0 Å². The van der Waals surface area contributed by atoms with Gasteiger partial charge in [-0.3, -0.25) is 4.79 Å². The van der Waals surface area contributed by atoms with Crippen molar-refractivity contribution < 1.29 is 9.90 Å². The molecule has 2 aliphatic carbocycles. The van der Waals surface area contributed by atoms with Crippen molar-refractivity contribution in [3.8, 4) is 0 Å². The molecule has 2 atom stereocenters. The van der Waals surface area contributed by atoms with Crippen molar-refractivity contribution in [2.75, 3.05) is 6.61 Å². The molecule has 0 saturated heterocycles. The maximum atomic E-state index is 12.0. The van der Waals surface area contributed by atoms with Crippen LogP contribution in [-0.4, -0.2) is 22.9 Å². The largest absolute Gasteiger partial charge is 0.401 e. The van der Waals surface area contributed by atoms with Crippen molar-refractivity contribution in [2.45, 2.75) is 18.2 Å². The smallest absolute Gasteiger partial charge is 0.165 e. The Balaban J connectivity index is 2.31. The third-order valence-corrected chi connectivity index (χ3v) is 4.01. The van der Waals surface area contributed by atoms with E-state index in [0.717, 1.165) is 12.8 Å². The summed E-state index contributed by atoms with van der Waals surface area (Å²) in [5.74, 6) is -0.484. The SMILES string of the molecule is NC(=C(CO)C(=O)C1CC1)C1C(Cl)=CC=CC1Cl. The van der Waals surface area contributed by atoms with Gasteiger partial charge >= 0.3 is 0 Å². The van der Waals surface area contributed by atoms with E-state index in [9.17, 15) is 9.90 Å². The summed E-state index contributed by atoms with van der Waals surface area (Å²) >= 11 is 12.2. The van der Waals surface area contributed by atoms with Gasteiger partial charge in [0.25, 0.3) is 0 Å². The molecule has 1 fully saturated rings. The Morgan fingerprint density at radius 2 is 2.17 bits per heavy atom. The molecule has 98 valence electrons. The van der Waals surface area contributed by atoms with Crippen molar-refractivity contribution in [1.82, 2.24) is 0 Å². The molecular weight excluding hydrogens is 273 g/mol. The van der Waals surface area contributed by atoms with Crippen molar-refractivity contribution in [2.24, 2.45) is 17.6 Å². The minimum Gasteiger partial charge on any atom is -0.401 e. The van der Waals surface area contributed by atoms with Crippen LogP contribution in [0.4, 0.5) is 0 Å². The van der Waals surface area contributed by atoms with Crippen LogP contribution in [0.3, 0.4) is 0 Å². The Morgan fingerprint density at radius 1 is 1.50 bits per heavy atom. The van der Waals surface area contributed by atoms with Crippen LogP contribution in [0, 0.1) is 11.8 Å². The third kappa shape index (κ3) is 2.63. The van der Waals surface area contributed by atoms with Gasteiger partial charge in [0.1, 0.15) is 0 Å². The van der Waals surface area contributed by atoms with Crippen LogP contribution >= 0.6 is 23.2 Å². The van der Waals surface area contributed by atoms with E-state index in [2.05, 4.69) is 0 Å². The van der Waals surface area contributed by atoms with Gasteiger partial charge < -0.3 is 10.8 Å². The summed E-state index contributed by atoms with van der Waals surface area (Å²) in [7, 11) is 0. The standard InChI is InChI=1S/C13H15Cl2NO2/c14-9-2-1-3-10(15)11(9)12(16)8(6-17)13(18)7-4-5-7/h1-3,7,9,11,17H,4-6,16H2. The summed E-state index contributed by atoms with van der Waals surface area (Å²) in [6.07, 6.45) is 6.96. The number of carbonyl (C=O) groups excluding carboxylic acids is 1. The zero-order valence-corrected chi connectivity index (χ0v) is 11.3. The number of carbonyl (C=O) groups is 1. The Bertz CT molecular complexity index is 450. The molecule has 0 amide bonds. The summed E-state index contributed by atoms with van der Waals surface area (Å²) in [6, 6.07) is 0. The molecule has 5 heteroatoms. The molecule has 3 nitrogen and oxygen atoms in total.